The normalized spacial score (nSPS) is 22.2. The van der Waals surface area contributed by atoms with Crippen LogP contribution >= 0.6 is 0 Å². The van der Waals surface area contributed by atoms with Crippen molar-refractivity contribution in [3.05, 3.63) is 48.0 Å². The summed E-state index contributed by atoms with van der Waals surface area (Å²) in [5.74, 6) is 0.0698. The summed E-state index contributed by atoms with van der Waals surface area (Å²) in [5, 5.41) is 10.2. The van der Waals surface area contributed by atoms with E-state index in [1.807, 2.05) is 4.90 Å². The highest BCUT2D eigenvalue weighted by Gasteiger charge is 2.38. The summed E-state index contributed by atoms with van der Waals surface area (Å²) in [6.07, 6.45) is 1.05. The van der Waals surface area contributed by atoms with Crippen LogP contribution in [0.3, 0.4) is 0 Å². The summed E-state index contributed by atoms with van der Waals surface area (Å²) in [6.45, 7) is 1.35. The van der Waals surface area contributed by atoms with Crippen molar-refractivity contribution >= 4 is 5.91 Å². The highest BCUT2D eigenvalue weighted by atomic mass is 19.1. The van der Waals surface area contributed by atoms with Crippen LogP contribution in [-0.2, 0) is 11.3 Å². The second kappa shape index (κ2) is 6.14. The molecule has 1 amide bonds. The SMILES string of the molecule is NC(=O)C1(O)CCCN(Cc2ccc(-c3ccccc3F)o2)C1. The van der Waals surface area contributed by atoms with E-state index < -0.39 is 11.5 Å². The molecule has 0 saturated carbocycles. The molecule has 1 atom stereocenters. The number of hydrogen-bond acceptors (Lipinski definition) is 4. The lowest BCUT2D eigenvalue weighted by atomic mass is 9.92. The van der Waals surface area contributed by atoms with E-state index in [0.29, 0.717) is 36.5 Å². The molecule has 1 saturated heterocycles. The third kappa shape index (κ3) is 3.28. The summed E-state index contributed by atoms with van der Waals surface area (Å²) in [5.41, 5.74) is 4.19. The molecule has 5 nitrogen and oxygen atoms in total. The Morgan fingerprint density at radius 2 is 2.13 bits per heavy atom. The summed E-state index contributed by atoms with van der Waals surface area (Å²) < 4.78 is 19.5. The first-order chi connectivity index (χ1) is 11.0. The number of amides is 1. The van der Waals surface area contributed by atoms with Crippen molar-refractivity contribution in [2.24, 2.45) is 5.73 Å². The summed E-state index contributed by atoms with van der Waals surface area (Å²) in [4.78, 5) is 13.3. The van der Waals surface area contributed by atoms with Crippen molar-refractivity contribution in [3.63, 3.8) is 0 Å². The van der Waals surface area contributed by atoms with Gasteiger partial charge < -0.3 is 15.3 Å². The number of nitrogens with two attached hydrogens (primary N) is 1. The van der Waals surface area contributed by atoms with E-state index in [2.05, 4.69) is 0 Å². The monoisotopic (exact) mass is 318 g/mol. The molecule has 6 heteroatoms. The second-order valence-electron chi connectivity index (χ2n) is 5.96. The number of carbonyl (C=O) groups is 1. The van der Waals surface area contributed by atoms with Gasteiger partial charge in [0.15, 0.2) is 5.60 Å². The summed E-state index contributed by atoms with van der Waals surface area (Å²) in [6, 6.07) is 9.91. The maximum absolute atomic E-state index is 13.8. The van der Waals surface area contributed by atoms with Gasteiger partial charge in [-0.1, -0.05) is 12.1 Å². The molecule has 0 aliphatic carbocycles. The van der Waals surface area contributed by atoms with Gasteiger partial charge in [-0.05, 0) is 43.7 Å². The third-order valence-corrected chi connectivity index (χ3v) is 4.19. The van der Waals surface area contributed by atoms with Crippen LogP contribution in [0.2, 0.25) is 0 Å². The van der Waals surface area contributed by atoms with Crippen LogP contribution in [0.5, 0.6) is 0 Å². The van der Waals surface area contributed by atoms with Gasteiger partial charge in [0, 0.05) is 6.54 Å². The molecule has 1 aromatic carbocycles. The molecule has 1 aliphatic rings. The molecule has 1 aromatic heterocycles. The average molecular weight is 318 g/mol. The lowest BCUT2D eigenvalue weighted by Gasteiger charge is -2.36. The van der Waals surface area contributed by atoms with Gasteiger partial charge in [0.05, 0.1) is 12.1 Å². The molecule has 3 rings (SSSR count). The topological polar surface area (TPSA) is 79.7 Å². The van der Waals surface area contributed by atoms with Crippen LogP contribution in [0, 0.1) is 5.82 Å². The number of halogens is 1. The Morgan fingerprint density at radius 1 is 1.35 bits per heavy atom. The Kier molecular flexibility index (Phi) is 4.19. The molecular weight excluding hydrogens is 299 g/mol. The number of primary amides is 1. The van der Waals surface area contributed by atoms with Crippen LogP contribution in [0.25, 0.3) is 11.3 Å². The minimum atomic E-state index is -1.49. The standard InChI is InChI=1S/C17H19FN2O3/c18-14-5-2-1-4-13(14)15-7-6-12(23-15)10-20-9-3-8-17(22,11-20)16(19)21/h1-2,4-7,22H,3,8-11H2,(H2,19,21). The van der Waals surface area contributed by atoms with Crippen molar-refractivity contribution in [1.82, 2.24) is 4.90 Å². The van der Waals surface area contributed by atoms with E-state index in [0.717, 1.165) is 6.54 Å². The zero-order valence-electron chi connectivity index (χ0n) is 12.7. The van der Waals surface area contributed by atoms with Gasteiger partial charge in [-0.25, -0.2) is 4.39 Å². The molecule has 1 aliphatic heterocycles. The second-order valence-corrected chi connectivity index (χ2v) is 5.96. The van der Waals surface area contributed by atoms with Crippen LogP contribution in [0.4, 0.5) is 4.39 Å². The minimum absolute atomic E-state index is 0.179. The lowest BCUT2D eigenvalue weighted by molar-refractivity contribution is -0.142. The molecule has 0 spiro atoms. The maximum atomic E-state index is 13.8. The van der Waals surface area contributed by atoms with Crippen LogP contribution in [-0.4, -0.2) is 34.6 Å². The molecule has 2 heterocycles. The molecule has 23 heavy (non-hydrogen) atoms. The fourth-order valence-corrected chi connectivity index (χ4v) is 2.95. The molecule has 3 N–H and O–H groups in total. The molecule has 0 radical (unpaired) electrons. The Labute approximate surface area is 133 Å². The highest BCUT2D eigenvalue weighted by Crippen LogP contribution is 2.27. The number of benzene rings is 1. The molecule has 1 unspecified atom stereocenters. The number of nitrogens with zero attached hydrogens (tertiary/aromatic N) is 1. The number of furan rings is 1. The zero-order chi connectivity index (χ0) is 16.4. The first-order valence-electron chi connectivity index (χ1n) is 7.56. The fraction of sp³-hybridized carbons (Fsp3) is 0.353. The predicted molar refractivity (Wildman–Crippen MR) is 82.8 cm³/mol. The average Bonchev–Trinajstić information content (AvgIpc) is 2.96. The Hall–Kier alpha value is -2.18. The van der Waals surface area contributed by atoms with Gasteiger partial charge in [0.1, 0.15) is 17.3 Å². The first kappa shape index (κ1) is 15.7. The van der Waals surface area contributed by atoms with E-state index in [9.17, 15) is 14.3 Å². The number of carbonyl (C=O) groups excluding carboxylic acids is 1. The Balaban J connectivity index is 1.72. The molecule has 0 bridgehead atoms. The number of aliphatic hydroxyl groups is 1. The van der Waals surface area contributed by atoms with E-state index in [-0.39, 0.29) is 12.4 Å². The maximum Gasteiger partial charge on any atom is 0.250 e. The zero-order valence-corrected chi connectivity index (χ0v) is 12.7. The fourth-order valence-electron chi connectivity index (χ4n) is 2.95. The van der Waals surface area contributed by atoms with E-state index in [1.165, 1.54) is 6.07 Å². The predicted octanol–water partition coefficient (Wildman–Crippen LogP) is 1.90. The van der Waals surface area contributed by atoms with Gasteiger partial charge in [0.25, 0.3) is 5.91 Å². The van der Waals surface area contributed by atoms with Crippen molar-refractivity contribution < 1.29 is 18.7 Å². The van der Waals surface area contributed by atoms with Crippen LogP contribution < -0.4 is 5.73 Å². The highest BCUT2D eigenvalue weighted by molar-refractivity contribution is 5.83. The lowest BCUT2D eigenvalue weighted by Crippen LogP contribution is -2.55. The molecule has 122 valence electrons. The third-order valence-electron chi connectivity index (χ3n) is 4.19. The molecular formula is C17H19FN2O3. The van der Waals surface area contributed by atoms with Crippen LogP contribution in [0.15, 0.2) is 40.8 Å². The van der Waals surface area contributed by atoms with Crippen molar-refractivity contribution in [2.45, 2.75) is 25.0 Å². The van der Waals surface area contributed by atoms with Crippen molar-refractivity contribution in [3.8, 4) is 11.3 Å². The van der Waals surface area contributed by atoms with Gasteiger partial charge in [-0.15, -0.1) is 0 Å². The van der Waals surface area contributed by atoms with E-state index in [4.69, 9.17) is 10.2 Å². The van der Waals surface area contributed by atoms with E-state index in [1.54, 1.807) is 30.3 Å². The summed E-state index contributed by atoms with van der Waals surface area (Å²) >= 11 is 0. The quantitative estimate of drug-likeness (QED) is 0.902. The van der Waals surface area contributed by atoms with Gasteiger partial charge in [-0.2, -0.15) is 0 Å². The largest absolute Gasteiger partial charge is 0.460 e. The van der Waals surface area contributed by atoms with Crippen LogP contribution in [0.1, 0.15) is 18.6 Å². The number of piperidine rings is 1. The van der Waals surface area contributed by atoms with E-state index >= 15 is 0 Å². The number of rotatable bonds is 4. The Morgan fingerprint density at radius 3 is 2.87 bits per heavy atom. The molecule has 1 fully saturated rings. The van der Waals surface area contributed by atoms with Crippen molar-refractivity contribution in [2.75, 3.05) is 13.1 Å². The van der Waals surface area contributed by atoms with Gasteiger partial charge >= 0.3 is 0 Å². The first-order valence-corrected chi connectivity index (χ1v) is 7.56. The number of likely N-dealkylation sites (tertiary alicyclic amines) is 1. The minimum Gasteiger partial charge on any atom is -0.460 e. The van der Waals surface area contributed by atoms with Gasteiger partial charge in [0.2, 0.25) is 0 Å². The Bertz CT molecular complexity index is 715. The van der Waals surface area contributed by atoms with Crippen molar-refractivity contribution in [1.29, 1.82) is 0 Å². The summed E-state index contributed by atoms with van der Waals surface area (Å²) in [7, 11) is 0. The number of β-amino-alcohol motifs (C(OH)–C–C–N with tert-alkyl or cyclic N) is 1. The number of hydrogen-bond donors (Lipinski definition) is 2. The molecule has 2 aromatic rings. The van der Waals surface area contributed by atoms with Gasteiger partial charge in [-0.3, -0.25) is 9.69 Å². The smallest absolute Gasteiger partial charge is 0.250 e.